The van der Waals surface area contributed by atoms with E-state index < -0.39 is 18.0 Å². The minimum absolute atomic E-state index is 0.312. The predicted molar refractivity (Wildman–Crippen MR) is 118 cm³/mol. The number of nitrogens with zero attached hydrogens (tertiary/aromatic N) is 2. The van der Waals surface area contributed by atoms with Crippen LogP contribution in [0.4, 0.5) is 10.5 Å². The molecule has 5 heteroatoms. The van der Waals surface area contributed by atoms with Crippen molar-refractivity contribution in [2.45, 2.75) is 31.3 Å². The molecule has 31 heavy (non-hydrogen) atoms. The third-order valence-corrected chi connectivity index (χ3v) is 6.14. The Morgan fingerprint density at radius 2 is 1.45 bits per heavy atom. The number of hydrogen-bond acceptors (Lipinski definition) is 3. The Labute approximate surface area is 180 Å². The highest BCUT2D eigenvalue weighted by Gasteiger charge is 2.52. The molecule has 5 nitrogen and oxygen atoms in total. The van der Waals surface area contributed by atoms with Gasteiger partial charge in [-0.3, -0.25) is 14.5 Å². The average molecular weight is 410 g/mol. The number of hydrogen-bond donors (Lipinski definition) is 0. The van der Waals surface area contributed by atoms with Gasteiger partial charge in [0.2, 0.25) is 0 Å². The fraction of sp³-hybridized carbons (Fsp3) is 0.192. The summed E-state index contributed by atoms with van der Waals surface area (Å²) in [4.78, 5) is 43.4. The first-order valence-corrected chi connectivity index (χ1v) is 10.5. The first-order chi connectivity index (χ1) is 15.2. The van der Waals surface area contributed by atoms with Crippen molar-refractivity contribution in [3.05, 3.63) is 102 Å². The third kappa shape index (κ3) is 3.22. The molecule has 1 heterocycles. The maximum absolute atomic E-state index is 13.7. The molecule has 0 bridgehead atoms. The summed E-state index contributed by atoms with van der Waals surface area (Å²) in [5, 5.41) is 0. The van der Waals surface area contributed by atoms with Crippen LogP contribution in [0, 0.1) is 0 Å². The molecule has 3 amide bonds. The molecule has 1 aliphatic heterocycles. The number of carbonyl (C=O) groups is 3. The summed E-state index contributed by atoms with van der Waals surface area (Å²) in [7, 11) is 0. The highest BCUT2D eigenvalue weighted by molar-refractivity contribution is 6.30. The summed E-state index contributed by atoms with van der Waals surface area (Å²) < 4.78 is 0. The molecular formula is C26H22N2O3. The number of para-hydroxylation sites is 1. The minimum Gasteiger partial charge on any atom is -0.297 e. The van der Waals surface area contributed by atoms with Crippen LogP contribution in [0.3, 0.4) is 0 Å². The van der Waals surface area contributed by atoms with Gasteiger partial charge in [-0.15, -0.1) is 0 Å². The second kappa shape index (κ2) is 7.84. The molecule has 3 aromatic rings. The van der Waals surface area contributed by atoms with Crippen molar-refractivity contribution in [1.29, 1.82) is 0 Å². The van der Waals surface area contributed by atoms with Crippen molar-refractivity contribution in [3.8, 4) is 0 Å². The molecule has 2 aliphatic rings. The van der Waals surface area contributed by atoms with Gasteiger partial charge in [-0.1, -0.05) is 72.8 Å². The minimum atomic E-state index is -1.17. The number of urea groups is 1. The summed E-state index contributed by atoms with van der Waals surface area (Å²) in [5.41, 5.74) is 3.10. The summed E-state index contributed by atoms with van der Waals surface area (Å²) in [6.45, 7) is 0. The highest BCUT2D eigenvalue weighted by Crippen LogP contribution is 2.40. The molecule has 1 aliphatic carbocycles. The van der Waals surface area contributed by atoms with Crippen LogP contribution in [0.1, 0.15) is 40.4 Å². The lowest BCUT2D eigenvalue weighted by molar-refractivity contribution is -0.118. The Balaban J connectivity index is 1.62. The molecule has 0 saturated carbocycles. The summed E-state index contributed by atoms with van der Waals surface area (Å²) in [5.74, 6) is -0.839. The fourth-order valence-electron chi connectivity index (χ4n) is 4.71. The lowest BCUT2D eigenvalue weighted by Crippen LogP contribution is -2.44. The smallest absolute Gasteiger partial charge is 0.297 e. The molecular weight excluding hydrogens is 388 g/mol. The molecule has 1 fully saturated rings. The van der Waals surface area contributed by atoms with Crippen LogP contribution in [-0.4, -0.2) is 28.7 Å². The Kier molecular flexibility index (Phi) is 4.86. The Hall–Kier alpha value is -3.73. The van der Waals surface area contributed by atoms with Crippen LogP contribution in [0.5, 0.6) is 0 Å². The topological polar surface area (TPSA) is 57.7 Å². The van der Waals surface area contributed by atoms with E-state index in [1.807, 2.05) is 30.3 Å². The van der Waals surface area contributed by atoms with E-state index in [9.17, 15) is 14.4 Å². The van der Waals surface area contributed by atoms with E-state index in [0.717, 1.165) is 29.7 Å². The number of imide groups is 1. The lowest BCUT2D eigenvalue weighted by Gasteiger charge is -2.35. The molecule has 5 rings (SSSR count). The zero-order valence-corrected chi connectivity index (χ0v) is 17.0. The van der Waals surface area contributed by atoms with Gasteiger partial charge in [0.15, 0.2) is 11.8 Å². The number of carbonyl (C=O) groups excluding carboxylic acids is 3. The fourth-order valence-corrected chi connectivity index (χ4v) is 4.71. The number of Topliss-reactive ketones (excluding diaryl/α,β-unsaturated/α-hetero) is 1. The number of benzene rings is 3. The van der Waals surface area contributed by atoms with Crippen LogP contribution >= 0.6 is 0 Å². The van der Waals surface area contributed by atoms with E-state index in [4.69, 9.17) is 0 Å². The molecule has 1 saturated heterocycles. The van der Waals surface area contributed by atoms with Crippen molar-refractivity contribution >= 4 is 23.4 Å². The van der Waals surface area contributed by atoms with Crippen LogP contribution in [0.2, 0.25) is 0 Å². The second-order valence-electron chi connectivity index (χ2n) is 7.94. The van der Waals surface area contributed by atoms with Gasteiger partial charge < -0.3 is 0 Å². The maximum atomic E-state index is 13.7. The van der Waals surface area contributed by atoms with E-state index in [1.165, 1.54) is 10.5 Å². The molecule has 2 atom stereocenters. The van der Waals surface area contributed by atoms with Crippen LogP contribution < -0.4 is 4.90 Å². The highest BCUT2D eigenvalue weighted by atomic mass is 16.2. The number of aryl methyl sites for hydroxylation is 1. The first kappa shape index (κ1) is 19.2. The summed E-state index contributed by atoms with van der Waals surface area (Å²) >= 11 is 0. The Bertz CT molecular complexity index is 1140. The monoisotopic (exact) mass is 410 g/mol. The largest absolute Gasteiger partial charge is 0.333 e. The zero-order chi connectivity index (χ0) is 21.4. The number of fused-ring (bicyclic) bond motifs is 1. The van der Waals surface area contributed by atoms with Gasteiger partial charge in [0, 0.05) is 5.56 Å². The average Bonchev–Trinajstić information content (AvgIpc) is 3.09. The zero-order valence-electron chi connectivity index (χ0n) is 17.0. The summed E-state index contributed by atoms with van der Waals surface area (Å²) in [6, 6.07) is 23.7. The molecule has 3 aromatic carbocycles. The van der Waals surface area contributed by atoms with Crippen molar-refractivity contribution in [3.63, 3.8) is 0 Å². The number of rotatable bonds is 4. The second-order valence-corrected chi connectivity index (χ2v) is 7.94. The maximum Gasteiger partial charge on any atom is 0.333 e. The molecule has 154 valence electrons. The van der Waals surface area contributed by atoms with Crippen molar-refractivity contribution in [2.24, 2.45) is 0 Å². The summed E-state index contributed by atoms with van der Waals surface area (Å²) in [6.07, 6.45) is 2.55. The number of amides is 3. The molecule has 0 aromatic heterocycles. The third-order valence-electron chi connectivity index (χ3n) is 6.14. The van der Waals surface area contributed by atoms with Gasteiger partial charge in [0.05, 0.1) is 11.7 Å². The van der Waals surface area contributed by atoms with Crippen molar-refractivity contribution in [1.82, 2.24) is 4.90 Å². The van der Waals surface area contributed by atoms with Crippen molar-refractivity contribution in [2.75, 3.05) is 4.90 Å². The normalized spacial score (nSPS) is 20.6. The predicted octanol–water partition coefficient (Wildman–Crippen LogP) is 4.78. The molecule has 1 unspecified atom stereocenters. The number of ketones is 1. The van der Waals surface area contributed by atoms with Crippen molar-refractivity contribution < 1.29 is 14.4 Å². The van der Waals surface area contributed by atoms with E-state index >= 15 is 0 Å². The van der Waals surface area contributed by atoms with E-state index in [-0.39, 0.29) is 11.8 Å². The van der Waals surface area contributed by atoms with Crippen LogP contribution in [0.25, 0.3) is 0 Å². The number of anilines is 1. The van der Waals surface area contributed by atoms with Gasteiger partial charge in [0.1, 0.15) is 0 Å². The van der Waals surface area contributed by atoms with Crippen LogP contribution in [0.15, 0.2) is 84.9 Å². The van der Waals surface area contributed by atoms with Gasteiger partial charge in [-0.05, 0) is 42.5 Å². The van der Waals surface area contributed by atoms with Gasteiger partial charge >= 0.3 is 6.03 Å². The van der Waals surface area contributed by atoms with E-state index in [1.54, 1.807) is 48.5 Å². The Morgan fingerprint density at radius 1 is 0.806 bits per heavy atom. The standard InChI is InChI=1S/C26H22N2O3/c29-24(19-11-3-1-4-12-19)23-25(30)27(20-14-5-2-6-15-20)26(31)28(23)22-17-9-13-18-10-7-8-16-21(18)22/h1-8,10-12,14-16,22-23H,9,13,17H2/t22?,23-/m0/s1. The van der Waals surface area contributed by atoms with Gasteiger partial charge in [-0.25, -0.2) is 9.69 Å². The molecule has 0 N–H and O–H groups in total. The van der Waals surface area contributed by atoms with E-state index in [0.29, 0.717) is 11.3 Å². The van der Waals surface area contributed by atoms with Gasteiger partial charge in [-0.2, -0.15) is 0 Å². The lowest BCUT2D eigenvalue weighted by atomic mass is 9.86. The molecule has 0 spiro atoms. The van der Waals surface area contributed by atoms with Gasteiger partial charge in [0.25, 0.3) is 5.91 Å². The quantitative estimate of drug-likeness (QED) is 0.353. The SMILES string of the molecule is O=C(c1ccccc1)[C@H]1C(=O)N(c2ccccc2)C(=O)N1C1CCCc2ccccc21. The molecule has 0 radical (unpaired) electrons. The van der Waals surface area contributed by atoms with E-state index in [2.05, 4.69) is 6.07 Å². The first-order valence-electron chi connectivity index (χ1n) is 10.5. The Morgan fingerprint density at radius 3 is 2.19 bits per heavy atom. The van der Waals surface area contributed by atoms with Crippen LogP contribution in [-0.2, 0) is 11.2 Å².